The fourth-order valence-corrected chi connectivity index (χ4v) is 2.11. The molecular formula is C16H13N3O2. The molecule has 0 aliphatic heterocycles. The van der Waals surface area contributed by atoms with Crippen LogP contribution in [-0.2, 0) is 0 Å². The number of rotatable bonds is 2. The van der Waals surface area contributed by atoms with Crippen molar-refractivity contribution in [2.45, 2.75) is 6.92 Å². The molecule has 0 radical (unpaired) electrons. The molecule has 1 aromatic heterocycles. The zero-order valence-corrected chi connectivity index (χ0v) is 11.4. The first-order valence-corrected chi connectivity index (χ1v) is 6.46. The SMILES string of the molecule is Cc1cc(NC(=O)c2cccc3nccnc23)ccc1O. The summed E-state index contributed by atoms with van der Waals surface area (Å²) in [5, 5.41) is 12.3. The van der Waals surface area contributed by atoms with E-state index in [1.807, 2.05) is 6.07 Å². The van der Waals surface area contributed by atoms with Gasteiger partial charge in [-0.3, -0.25) is 14.8 Å². The Morgan fingerprint density at radius 1 is 1.14 bits per heavy atom. The van der Waals surface area contributed by atoms with Gasteiger partial charge in [-0.15, -0.1) is 0 Å². The lowest BCUT2D eigenvalue weighted by Gasteiger charge is -2.08. The number of hydrogen-bond acceptors (Lipinski definition) is 4. The molecule has 0 unspecified atom stereocenters. The van der Waals surface area contributed by atoms with E-state index in [-0.39, 0.29) is 11.7 Å². The topological polar surface area (TPSA) is 75.1 Å². The van der Waals surface area contributed by atoms with Crippen LogP contribution in [0.5, 0.6) is 5.75 Å². The summed E-state index contributed by atoms with van der Waals surface area (Å²) in [6.07, 6.45) is 3.15. The third-order valence-corrected chi connectivity index (χ3v) is 3.20. The number of phenols is 1. The zero-order chi connectivity index (χ0) is 14.8. The summed E-state index contributed by atoms with van der Waals surface area (Å²) < 4.78 is 0. The number of nitrogens with zero attached hydrogens (tertiary/aromatic N) is 2. The molecule has 0 atom stereocenters. The largest absolute Gasteiger partial charge is 0.508 e. The number of aromatic nitrogens is 2. The molecule has 5 heteroatoms. The lowest BCUT2D eigenvalue weighted by Crippen LogP contribution is -2.13. The molecule has 2 N–H and O–H groups in total. The van der Waals surface area contributed by atoms with E-state index in [0.717, 1.165) is 0 Å². The highest BCUT2D eigenvalue weighted by Crippen LogP contribution is 2.21. The first-order chi connectivity index (χ1) is 10.1. The number of carbonyl (C=O) groups excluding carboxylic acids is 1. The second-order valence-corrected chi connectivity index (χ2v) is 4.69. The van der Waals surface area contributed by atoms with Crippen molar-refractivity contribution in [1.29, 1.82) is 0 Å². The Labute approximate surface area is 121 Å². The average Bonchev–Trinajstić information content (AvgIpc) is 2.50. The smallest absolute Gasteiger partial charge is 0.257 e. The van der Waals surface area contributed by atoms with Crippen molar-refractivity contribution < 1.29 is 9.90 Å². The Morgan fingerprint density at radius 3 is 2.76 bits per heavy atom. The van der Waals surface area contributed by atoms with E-state index >= 15 is 0 Å². The Hall–Kier alpha value is -2.95. The van der Waals surface area contributed by atoms with Crippen molar-refractivity contribution in [2.24, 2.45) is 0 Å². The number of amides is 1. The van der Waals surface area contributed by atoms with Gasteiger partial charge in [-0.2, -0.15) is 0 Å². The van der Waals surface area contributed by atoms with Crippen LogP contribution in [-0.4, -0.2) is 21.0 Å². The maximum absolute atomic E-state index is 12.4. The van der Waals surface area contributed by atoms with Crippen LogP contribution < -0.4 is 5.32 Å². The van der Waals surface area contributed by atoms with Crippen LogP contribution in [0.15, 0.2) is 48.8 Å². The normalized spacial score (nSPS) is 10.5. The molecule has 0 saturated carbocycles. The summed E-state index contributed by atoms with van der Waals surface area (Å²) in [4.78, 5) is 20.8. The number of nitrogens with one attached hydrogen (secondary N) is 1. The van der Waals surface area contributed by atoms with Crippen LogP contribution in [0.4, 0.5) is 5.69 Å². The minimum absolute atomic E-state index is 0.198. The molecule has 21 heavy (non-hydrogen) atoms. The van der Waals surface area contributed by atoms with E-state index in [4.69, 9.17) is 0 Å². The number of aromatic hydroxyl groups is 1. The van der Waals surface area contributed by atoms with Crippen molar-refractivity contribution in [3.05, 3.63) is 59.9 Å². The highest BCUT2D eigenvalue weighted by molar-refractivity contribution is 6.11. The summed E-state index contributed by atoms with van der Waals surface area (Å²) in [7, 11) is 0. The van der Waals surface area contributed by atoms with Gasteiger partial charge in [-0.1, -0.05) is 6.07 Å². The standard InChI is InChI=1S/C16H13N3O2/c1-10-9-11(5-6-14(10)20)19-16(21)12-3-2-4-13-15(12)18-8-7-17-13/h2-9,20H,1H3,(H,19,21). The van der Waals surface area contributed by atoms with Crippen molar-refractivity contribution in [3.63, 3.8) is 0 Å². The van der Waals surface area contributed by atoms with E-state index in [1.54, 1.807) is 49.6 Å². The van der Waals surface area contributed by atoms with E-state index < -0.39 is 0 Å². The molecule has 0 bridgehead atoms. The quantitative estimate of drug-likeness (QED) is 0.707. The van der Waals surface area contributed by atoms with Gasteiger partial charge in [0.15, 0.2) is 0 Å². The van der Waals surface area contributed by atoms with Crippen molar-refractivity contribution in [3.8, 4) is 5.75 Å². The first-order valence-electron chi connectivity index (χ1n) is 6.46. The summed E-state index contributed by atoms with van der Waals surface area (Å²) in [5.74, 6) is -0.0600. The molecule has 0 aliphatic carbocycles. The van der Waals surface area contributed by atoms with Gasteiger partial charge in [0.1, 0.15) is 11.3 Å². The summed E-state index contributed by atoms with van der Waals surface area (Å²) in [5.41, 5.74) is 3.02. The predicted octanol–water partition coefficient (Wildman–Crippen LogP) is 2.90. The van der Waals surface area contributed by atoms with E-state index in [1.165, 1.54) is 0 Å². The highest BCUT2D eigenvalue weighted by atomic mass is 16.3. The molecule has 0 aliphatic rings. The molecule has 3 aromatic rings. The maximum atomic E-state index is 12.4. The van der Waals surface area contributed by atoms with E-state index in [2.05, 4.69) is 15.3 Å². The molecule has 0 spiro atoms. The number of hydrogen-bond donors (Lipinski definition) is 2. The van der Waals surface area contributed by atoms with Gasteiger partial charge in [-0.25, -0.2) is 0 Å². The number of carbonyl (C=O) groups is 1. The molecule has 0 saturated heterocycles. The number of para-hydroxylation sites is 1. The number of aryl methyl sites for hydroxylation is 1. The van der Waals surface area contributed by atoms with Crippen molar-refractivity contribution in [1.82, 2.24) is 9.97 Å². The van der Waals surface area contributed by atoms with Crippen LogP contribution in [0, 0.1) is 6.92 Å². The molecule has 104 valence electrons. The van der Waals surface area contributed by atoms with Crippen molar-refractivity contribution in [2.75, 3.05) is 5.32 Å². The van der Waals surface area contributed by atoms with E-state index in [0.29, 0.717) is 27.8 Å². The minimum Gasteiger partial charge on any atom is -0.508 e. The Morgan fingerprint density at radius 2 is 1.95 bits per heavy atom. The van der Waals surface area contributed by atoms with Gasteiger partial charge < -0.3 is 10.4 Å². The van der Waals surface area contributed by atoms with E-state index in [9.17, 15) is 9.90 Å². The number of phenolic OH excluding ortho intramolecular Hbond substituents is 1. The predicted molar refractivity (Wildman–Crippen MR) is 80.3 cm³/mol. The minimum atomic E-state index is -0.258. The highest BCUT2D eigenvalue weighted by Gasteiger charge is 2.12. The van der Waals surface area contributed by atoms with Crippen LogP contribution in [0.25, 0.3) is 11.0 Å². The van der Waals surface area contributed by atoms with Crippen molar-refractivity contribution >= 4 is 22.6 Å². The summed E-state index contributed by atoms with van der Waals surface area (Å²) >= 11 is 0. The second kappa shape index (κ2) is 5.20. The Kier molecular flexibility index (Phi) is 3.23. The van der Waals surface area contributed by atoms with Gasteiger partial charge in [0.05, 0.1) is 11.1 Å². The number of anilines is 1. The first kappa shape index (κ1) is 13.1. The van der Waals surface area contributed by atoms with Crippen LogP contribution in [0.2, 0.25) is 0 Å². The van der Waals surface area contributed by atoms with Gasteiger partial charge in [0.25, 0.3) is 5.91 Å². The molecule has 1 heterocycles. The second-order valence-electron chi connectivity index (χ2n) is 4.69. The Balaban J connectivity index is 1.95. The summed E-state index contributed by atoms with van der Waals surface area (Å²) in [6, 6.07) is 10.2. The molecule has 2 aromatic carbocycles. The maximum Gasteiger partial charge on any atom is 0.257 e. The van der Waals surface area contributed by atoms with Gasteiger partial charge in [0, 0.05) is 18.1 Å². The van der Waals surface area contributed by atoms with Gasteiger partial charge in [-0.05, 0) is 42.8 Å². The average molecular weight is 279 g/mol. The molecular weight excluding hydrogens is 266 g/mol. The Bertz CT molecular complexity index is 825. The van der Waals surface area contributed by atoms with Crippen LogP contribution >= 0.6 is 0 Å². The molecule has 3 rings (SSSR count). The van der Waals surface area contributed by atoms with Gasteiger partial charge >= 0.3 is 0 Å². The fourth-order valence-electron chi connectivity index (χ4n) is 2.11. The summed E-state index contributed by atoms with van der Waals surface area (Å²) in [6.45, 7) is 1.77. The fraction of sp³-hybridized carbons (Fsp3) is 0.0625. The third kappa shape index (κ3) is 2.53. The molecule has 1 amide bonds. The lowest BCUT2D eigenvalue weighted by molar-refractivity contribution is 0.102. The zero-order valence-electron chi connectivity index (χ0n) is 11.4. The number of fused-ring (bicyclic) bond motifs is 1. The number of benzene rings is 2. The molecule has 0 fully saturated rings. The lowest BCUT2D eigenvalue weighted by atomic mass is 10.1. The third-order valence-electron chi connectivity index (χ3n) is 3.20. The monoisotopic (exact) mass is 279 g/mol. The van der Waals surface area contributed by atoms with Gasteiger partial charge in [0.2, 0.25) is 0 Å². The molecule has 5 nitrogen and oxygen atoms in total. The van der Waals surface area contributed by atoms with Crippen LogP contribution in [0.1, 0.15) is 15.9 Å². The van der Waals surface area contributed by atoms with Crippen LogP contribution in [0.3, 0.4) is 0 Å².